The lowest BCUT2D eigenvalue weighted by molar-refractivity contribution is 0.151. The molecule has 0 saturated carbocycles. The fourth-order valence-corrected chi connectivity index (χ4v) is 3.47. The Morgan fingerprint density at radius 2 is 1.20 bits per heavy atom. The summed E-state index contributed by atoms with van der Waals surface area (Å²) in [7, 11) is 0. The largest absolute Gasteiger partial charge is 0.519 e. The van der Waals surface area contributed by atoms with E-state index in [4.69, 9.17) is 9.47 Å². The van der Waals surface area contributed by atoms with Gasteiger partial charge < -0.3 is 9.47 Å². The van der Waals surface area contributed by atoms with Gasteiger partial charge in [0.25, 0.3) is 0 Å². The predicted octanol–water partition coefficient (Wildman–Crippen LogP) is 7.16. The second kappa shape index (κ2) is 9.10. The minimum absolute atomic E-state index is 0.460. The average molecular weight is 394 g/mol. The zero-order chi connectivity index (χ0) is 20.8. The van der Waals surface area contributed by atoms with E-state index in [1.807, 2.05) is 97.9 Å². The van der Waals surface area contributed by atoms with Crippen molar-refractivity contribution < 1.29 is 14.3 Å². The molecule has 0 aromatic heterocycles. The highest BCUT2D eigenvalue weighted by Gasteiger charge is 2.18. The lowest BCUT2D eigenvalue weighted by Crippen LogP contribution is -2.15. The van der Waals surface area contributed by atoms with Gasteiger partial charge in [-0.15, -0.1) is 0 Å². The number of aryl methyl sites for hydroxylation is 1. The highest BCUT2D eigenvalue weighted by molar-refractivity contribution is 5.89. The molecule has 30 heavy (non-hydrogen) atoms. The van der Waals surface area contributed by atoms with Crippen molar-refractivity contribution in [3.63, 3.8) is 0 Å². The minimum atomic E-state index is -0.752. The molecule has 0 atom stereocenters. The molecule has 0 radical (unpaired) electrons. The third kappa shape index (κ3) is 4.26. The first-order valence-electron chi connectivity index (χ1n) is 9.97. The first-order valence-corrected chi connectivity index (χ1v) is 9.97. The Morgan fingerprint density at radius 3 is 1.90 bits per heavy atom. The van der Waals surface area contributed by atoms with Crippen molar-refractivity contribution in [1.29, 1.82) is 0 Å². The summed E-state index contributed by atoms with van der Waals surface area (Å²) in [5, 5.41) is 0. The molecule has 0 N–H and O–H groups in total. The summed E-state index contributed by atoms with van der Waals surface area (Å²) in [5.74, 6) is 0.979. The number of ether oxygens (including phenoxy) is 2. The van der Waals surface area contributed by atoms with Gasteiger partial charge in [0.05, 0.1) is 0 Å². The number of hydrogen-bond donors (Lipinski definition) is 0. The third-order valence-electron chi connectivity index (χ3n) is 4.91. The molecule has 3 heteroatoms. The van der Waals surface area contributed by atoms with Crippen LogP contribution in [-0.4, -0.2) is 6.16 Å². The van der Waals surface area contributed by atoms with E-state index in [2.05, 4.69) is 0 Å². The van der Waals surface area contributed by atoms with E-state index in [9.17, 15) is 4.79 Å². The minimum Gasteiger partial charge on any atom is -0.394 e. The summed E-state index contributed by atoms with van der Waals surface area (Å²) >= 11 is 0. The Morgan fingerprint density at radius 1 is 0.633 bits per heavy atom. The van der Waals surface area contributed by atoms with Crippen LogP contribution in [0.4, 0.5) is 4.79 Å². The van der Waals surface area contributed by atoms with Gasteiger partial charge in [0.15, 0.2) is 0 Å². The van der Waals surface area contributed by atoms with Crippen LogP contribution in [0.15, 0.2) is 103 Å². The van der Waals surface area contributed by atoms with Gasteiger partial charge in [-0.2, -0.15) is 0 Å². The van der Waals surface area contributed by atoms with Crippen LogP contribution in [0.2, 0.25) is 0 Å². The molecule has 0 heterocycles. The second-order valence-corrected chi connectivity index (χ2v) is 6.83. The van der Waals surface area contributed by atoms with Crippen LogP contribution in [0.25, 0.3) is 22.3 Å². The smallest absolute Gasteiger partial charge is 0.394 e. The van der Waals surface area contributed by atoms with Crippen molar-refractivity contribution in [3.8, 4) is 33.8 Å². The molecule has 0 unspecified atom stereocenters. The highest BCUT2D eigenvalue weighted by Crippen LogP contribution is 2.39. The maximum absolute atomic E-state index is 12.6. The van der Waals surface area contributed by atoms with Gasteiger partial charge in [0.1, 0.15) is 11.5 Å². The molecular weight excluding hydrogens is 372 g/mol. The number of hydrogen-bond acceptors (Lipinski definition) is 3. The van der Waals surface area contributed by atoms with Crippen molar-refractivity contribution >= 4 is 6.16 Å². The van der Waals surface area contributed by atoms with E-state index in [1.165, 1.54) is 0 Å². The number of carbonyl (C=O) groups is 1. The van der Waals surface area contributed by atoms with Gasteiger partial charge in [0, 0.05) is 5.56 Å². The van der Waals surface area contributed by atoms with Gasteiger partial charge in [-0.05, 0) is 40.8 Å². The summed E-state index contributed by atoms with van der Waals surface area (Å²) in [5.41, 5.74) is 4.81. The molecule has 4 aromatic rings. The first kappa shape index (κ1) is 19.5. The predicted molar refractivity (Wildman–Crippen MR) is 120 cm³/mol. The molecule has 4 rings (SSSR count). The van der Waals surface area contributed by atoms with Crippen LogP contribution in [0.5, 0.6) is 11.5 Å². The molecule has 0 amide bonds. The molecule has 0 spiro atoms. The van der Waals surface area contributed by atoms with Crippen molar-refractivity contribution in [2.24, 2.45) is 0 Å². The van der Waals surface area contributed by atoms with Crippen LogP contribution in [0, 0.1) is 0 Å². The molecular formula is C27H22O3. The zero-order valence-corrected chi connectivity index (χ0v) is 16.7. The number of carbonyl (C=O) groups excluding carboxylic acids is 1. The average Bonchev–Trinajstić information content (AvgIpc) is 2.80. The maximum Gasteiger partial charge on any atom is 0.519 e. The first-order chi connectivity index (χ1) is 14.8. The Hall–Kier alpha value is -3.85. The second-order valence-electron chi connectivity index (χ2n) is 6.83. The van der Waals surface area contributed by atoms with E-state index >= 15 is 0 Å². The van der Waals surface area contributed by atoms with E-state index < -0.39 is 6.16 Å². The van der Waals surface area contributed by atoms with Crippen LogP contribution in [0.3, 0.4) is 0 Å². The Bertz CT molecular complexity index is 1140. The highest BCUT2D eigenvalue weighted by atomic mass is 16.7. The zero-order valence-electron chi connectivity index (χ0n) is 16.7. The maximum atomic E-state index is 12.6. The number of benzene rings is 4. The Balaban J connectivity index is 1.72. The van der Waals surface area contributed by atoms with Crippen LogP contribution in [0.1, 0.15) is 12.5 Å². The van der Waals surface area contributed by atoms with E-state index in [1.54, 1.807) is 12.1 Å². The van der Waals surface area contributed by atoms with E-state index in [0.717, 1.165) is 34.2 Å². The van der Waals surface area contributed by atoms with Crippen LogP contribution in [-0.2, 0) is 6.42 Å². The Labute approximate surface area is 176 Å². The Kier molecular flexibility index (Phi) is 5.90. The van der Waals surface area contributed by atoms with Crippen LogP contribution >= 0.6 is 0 Å². The molecule has 148 valence electrons. The standard InChI is InChI=1S/C27H22O3/c1-2-20-12-9-10-18-24(20)29-27(28)30-25-19-11-17-23(21-13-5-3-6-14-21)26(25)22-15-7-4-8-16-22/h3-19H,2H2,1H3. The lowest BCUT2D eigenvalue weighted by atomic mass is 9.94. The summed E-state index contributed by atoms with van der Waals surface area (Å²) in [6.45, 7) is 2.02. The summed E-state index contributed by atoms with van der Waals surface area (Å²) in [6, 6.07) is 33.2. The quantitative estimate of drug-likeness (QED) is 0.266. The van der Waals surface area contributed by atoms with E-state index in [-0.39, 0.29) is 0 Å². The normalized spacial score (nSPS) is 10.4. The van der Waals surface area contributed by atoms with Crippen molar-refractivity contribution in [3.05, 3.63) is 109 Å². The van der Waals surface area contributed by atoms with Gasteiger partial charge in [-0.25, -0.2) is 4.79 Å². The molecule has 0 aliphatic heterocycles. The van der Waals surface area contributed by atoms with Gasteiger partial charge in [0.2, 0.25) is 0 Å². The summed E-state index contributed by atoms with van der Waals surface area (Å²) < 4.78 is 11.2. The molecule has 3 nitrogen and oxygen atoms in total. The monoisotopic (exact) mass is 394 g/mol. The van der Waals surface area contributed by atoms with Crippen LogP contribution < -0.4 is 9.47 Å². The molecule has 0 saturated heterocycles. The van der Waals surface area contributed by atoms with Gasteiger partial charge in [-0.3, -0.25) is 0 Å². The summed E-state index contributed by atoms with van der Waals surface area (Å²) in [6.07, 6.45) is 0.0145. The van der Waals surface area contributed by atoms with Crippen molar-refractivity contribution in [1.82, 2.24) is 0 Å². The molecule has 0 bridgehead atoms. The number of para-hydroxylation sites is 1. The lowest BCUT2D eigenvalue weighted by Gasteiger charge is -2.16. The van der Waals surface area contributed by atoms with Crippen molar-refractivity contribution in [2.45, 2.75) is 13.3 Å². The van der Waals surface area contributed by atoms with E-state index in [0.29, 0.717) is 11.5 Å². The van der Waals surface area contributed by atoms with Crippen molar-refractivity contribution in [2.75, 3.05) is 0 Å². The number of rotatable bonds is 5. The topological polar surface area (TPSA) is 35.5 Å². The SMILES string of the molecule is CCc1ccccc1OC(=O)Oc1cccc(-c2ccccc2)c1-c1ccccc1. The molecule has 0 fully saturated rings. The molecule has 4 aromatic carbocycles. The fourth-order valence-electron chi connectivity index (χ4n) is 3.47. The fraction of sp³-hybridized carbons (Fsp3) is 0.0741. The molecule has 0 aliphatic carbocycles. The van der Waals surface area contributed by atoms with Gasteiger partial charge in [-0.1, -0.05) is 97.9 Å². The summed E-state index contributed by atoms with van der Waals surface area (Å²) in [4.78, 5) is 12.6. The third-order valence-corrected chi connectivity index (χ3v) is 4.91. The molecule has 0 aliphatic rings. The van der Waals surface area contributed by atoms with Gasteiger partial charge >= 0.3 is 6.16 Å².